The number of non-ortho nitro benzene ring substituents is 1. The topological polar surface area (TPSA) is 128 Å². The molecule has 25 heavy (non-hydrogen) atoms. The molecule has 2 aromatic carbocycles. The van der Waals surface area contributed by atoms with E-state index >= 15 is 0 Å². The average Bonchev–Trinajstić information content (AvgIpc) is 2.57. The quantitative estimate of drug-likeness (QED) is 0.327. The van der Waals surface area contributed by atoms with Crippen molar-refractivity contribution in [3.05, 3.63) is 67.7 Å². The molecule has 0 spiro atoms. The number of ether oxygens (including phenoxy) is 1. The Morgan fingerprint density at radius 2 is 2.00 bits per heavy atom. The van der Waals surface area contributed by atoms with Gasteiger partial charge in [-0.25, -0.2) is 0 Å². The maximum Gasteiger partial charge on any atom is 0.307 e. The van der Waals surface area contributed by atoms with Gasteiger partial charge in [0.05, 0.1) is 28.6 Å². The Morgan fingerprint density at radius 1 is 1.36 bits per heavy atom. The molecule has 0 aliphatic heterocycles. The van der Waals surface area contributed by atoms with Gasteiger partial charge in [-0.15, -0.1) is 0 Å². The number of carbonyl (C=O) groups is 1. The monoisotopic (exact) mass is 407 g/mol. The van der Waals surface area contributed by atoms with Crippen molar-refractivity contribution in [1.82, 2.24) is 0 Å². The van der Waals surface area contributed by atoms with Crippen LogP contribution in [0.25, 0.3) is 0 Å². The number of nitrogens with zero attached hydrogens (tertiary/aromatic N) is 2. The van der Waals surface area contributed by atoms with E-state index in [1.54, 1.807) is 12.1 Å². The number of hydrazone groups is 1. The Kier molecular flexibility index (Phi) is 5.71. The number of methoxy groups -OCH3 is 1. The number of nitro groups is 1. The van der Waals surface area contributed by atoms with E-state index in [9.17, 15) is 14.9 Å². The number of hydrogen-bond acceptors (Lipinski definition) is 6. The molecule has 0 aliphatic rings. The second-order valence-electron chi connectivity index (χ2n) is 5.00. The fourth-order valence-corrected chi connectivity index (χ4v) is 2.87. The SMILES string of the molecule is COc1cc(/C(=N/N)c2ccc([N+](=O)[O-])cc2)c(CC(=O)O)cc1Br. The Hall–Kier alpha value is -2.94. The lowest BCUT2D eigenvalue weighted by Crippen LogP contribution is -2.13. The number of nitro benzene ring substituents is 1. The highest BCUT2D eigenvalue weighted by Crippen LogP contribution is 2.30. The molecule has 0 amide bonds. The Balaban J connectivity index is 2.59. The van der Waals surface area contributed by atoms with Gasteiger partial charge in [-0.3, -0.25) is 14.9 Å². The van der Waals surface area contributed by atoms with E-state index in [-0.39, 0.29) is 12.1 Å². The van der Waals surface area contributed by atoms with Gasteiger partial charge in [-0.05, 0) is 45.8 Å². The zero-order valence-electron chi connectivity index (χ0n) is 13.1. The van der Waals surface area contributed by atoms with Crippen LogP contribution in [0, 0.1) is 10.1 Å². The van der Waals surface area contributed by atoms with Crippen molar-refractivity contribution in [3.63, 3.8) is 0 Å². The van der Waals surface area contributed by atoms with E-state index in [0.29, 0.717) is 32.6 Å². The molecule has 130 valence electrons. The van der Waals surface area contributed by atoms with Crippen LogP contribution in [0.2, 0.25) is 0 Å². The first-order valence-electron chi connectivity index (χ1n) is 6.98. The van der Waals surface area contributed by atoms with Crippen LogP contribution in [-0.2, 0) is 11.2 Å². The largest absolute Gasteiger partial charge is 0.496 e. The minimum absolute atomic E-state index is 0.0701. The minimum Gasteiger partial charge on any atom is -0.496 e. The fraction of sp³-hybridized carbons (Fsp3) is 0.125. The Labute approximate surface area is 151 Å². The van der Waals surface area contributed by atoms with E-state index in [1.165, 1.54) is 31.4 Å². The summed E-state index contributed by atoms with van der Waals surface area (Å²) in [5.41, 5.74) is 1.70. The predicted molar refractivity (Wildman–Crippen MR) is 95.0 cm³/mol. The third-order valence-electron chi connectivity index (χ3n) is 3.46. The summed E-state index contributed by atoms with van der Waals surface area (Å²) in [7, 11) is 1.48. The van der Waals surface area contributed by atoms with Gasteiger partial charge in [0.2, 0.25) is 0 Å². The first-order chi connectivity index (χ1) is 11.9. The Bertz CT molecular complexity index is 850. The van der Waals surface area contributed by atoms with Crippen LogP contribution in [0.1, 0.15) is 16.7 Å². The van der Waals surface area contributed by atoms with Crippen LogP contribution in [0.4, 0.5) is 5.69 Å². The number of aliphatic carboxylic acids is 1. The van der Waals surface area contributed by atoms with Crippen LogP contribution >= 0.6 is 15.9 Å². The van der Waals surface area contributed by atoms with Crippen LogP contribution in [0.15, 0.2) is 46.0 Å². The molecule has 9 heteroatoms. The lowest BCUT2D eigenvalue weighted by molar-refractivity contribution is -0.384. The normalized spacial score (nSPS) is 11.2. The van der Waals surface area contributed by atoms with Crippen molar-refractivity contribution in [2.45, 2.75) is 6.42 Å². The van der Waals surface area contributed by atoms with Crippen molar-refractivity contribution >= 4 is 33.3 Å². The molecule has 0 radical (unpaired) electrons. The van der Waals surface area contributed by atoms with Crippen molar-refractivity contribution in [2.24, 2.45) is 10.9 Å². The van der Waals surface area contributed by atoms with Crippen LogP contribution < -0.4 is 10.6 Å². The third-order valence-corrected chi connectivity index (χ3v) is 4.07. The zero-order valence-corrected chi connectivity index (χ0v) is 14.7. The summed E-state index contributed by atoms with van der Waals surface area (Å²) in [5.74, 6) is 4.98. The molecule has 0 heterocycles. The maximum absolute atomic E-state index is 11.2. The van der Waals surface area contributed by atoms with E-state index in [0.717, 1.165) is 0 Å². The number of rotatable bonds is 6. The van der Waals surface area contributed by atoms with Gasteiger partial charge < -0.3 is 15.7 Å². The van der Waals surface area contributed by atoms with Gasteiger partial charge in [0.25, 0.3) is 5.69 Å². The lowest BCUT2D eigenvalue weighted by atomic mass is 9.95. The second kappa shape index (κ2) is 7.75. The van der Waals surface area contributed by atoms with Crippen molar-refractivity contribution < 1.29 is 19.6 Å². The summed E-state index contributed by atoms with van der Waals surface area (Å²) in [6.07, 6.45) is -0.246. The van der Waals surface area contributed by atoms with E-state index in [1.807, 2.05) is 0 Å². The molecule has 0 fully saturated rings. The number of nitrogens with two attached hydrogens (primary N) is 1. The highest BCUT2D eigenvalue weighted by molar-refractivity contribution is 9.10. The summed E-state index contributed by atoms with van der Waals surface area (Å²) < 4.78 is 5.84. The van der Waals surface area contributed by atoms with Crippen LogP contribution in [-0.4, -0.2) is 28.8 Å². The molecule has 0 saturated carbocycles. The molecular formula is C16H14BrN3O5. The highest BCUT2D eigenvalue weighted by atomic mass is 79.9. The molecular weight excluding hydrogens is 394 g/mol. The molecule has 2 rings (SSSR count). The van der Waals surface area contributed by atoms with Gasteiger partial charge >= 0.3 is 5.97 Å². The molecule has 0 bridgehead atoms. The van der Waals surface area contributed by atoms with Gasteiger partial charge in [0.15, 0.2) is 0 Å². The summed E-state index contributed by atoms with van der Waals surface area (Å²) in [6.45, 7) is 0. The van der Waals surface area contributed by atoms with Crippen molar-refractivity contribution in [2.75, 3.05) is 7.11 Å². The molecule has 0 saturated heterocycles. The summed E-state index contributed by atoms with van der Waals surface area (Å²) >= 11 is 3.32. The fourth-order valence-electron chi connectivity index (χ4n) is 2.32. The molecule has 8 nitrogen and oxygen atoms in total. The molecule has 2 aromatic rings. The van der Waals surface area contributed by atoms with Crippen LogP contribution in [0.3, 0.4) is 0 Å². The highest BCUT2D eigenvalue weighted by Gasteiger charge is 2.18. The second-order valence-corrected chi connectivity index (χ2v) is 5.85. The summed E-state index contributed by atoms with van der Waals surface area (Å²) in [6, 6.07) is 8.90. The van der Waals surface area contributed by atoms with Crippen molar-refractivity contribution in [3.8, 4) is 5.75 Å². The summed E-state index contributed by atoms with van der Waals surface area (Å²) in [4.78, 5) is 21.4. The van der Waals surface area contributed by atoms with Gasteiger partial charge in [0, 0.05) is 23.3 Å². The molecule has 3 N–H and O–H groups in total. The van der Waals surface area contributed by atoms with Crippen molar-refractivity contribution in [1.29, 1.82) is 0 Å². The maximum atomic E-state index is 11.2. The molecule has 0 aliphatic carbocycles. The molecule has 0 atom stereocenters. The van der Waals surface area contributed by atoms with E-state index in [2.05, 4.69) is 21.0 Å². The average molecular weight is 408 g/mol. The molecule has 0 unspecified atom stereocenters. The smallest absolute Gasteiger partial charge is 0.307 e. The van der Waals surface area contributed by atoms with Gasteiger partial charge in [0.1, 0.15) is 5.75 Å². The zero-order chi connectivity index (χ0) is 18.6. The number of benzene rings is 2. The first kappa shape index (κ1) is 18.4. The predicted octanol–water partition coefficient (Wildman–Crippen LogP) is 2.70. The summed E-state index contributed by atoms with van der Waals surface area (Å²) in [5, 5.41) is 23.7. The molecule has 0 aromatic heterocycles. The van der Waals surface area contributed by atoms with E-state index in [4.69, 9.17) is 15.7 Å². The third kappa shape index (κ3) is 4.13. The first-order valence-corrected chi connectivity index (χ1v) is 7.78. The lowest BCUT2D eigenvalue weighted by Gasteiger charge is -2.14. The number of hydrogen-bond donors (Lipinski definition) is 2. The van der Waals surface area contributed by atoms with Gasteiger partial charge in [-0.1, -0.05) is 0 Å². The number of halogens is 1. The number of carboxylic acids is 1. The standard InChI is InChI=1S/C16H14BrN3O5/c1-25-14-8-12(10(6-13(14)17)7-15(21)22)16(19-18)9-2-4-11(5-3-9)20(23)24/h2-6,8H,7,18H2,1H3,(H,21,22)/b19-16+. The van der Waals surface area contributed by atoms with Gasteiger partial charge in [-0.2, -0.15) is 5.10 Å². The minimum atomic E-state index is -1.02. The van der Waals surface area contributed by atoms with E-state index < -0.39 is 10.9 Å². The van der Waals surface area contributed by atoms with Crippen LogP contribution in [0.5, 0.6) is 5.75 Å². The number of carboxylic acid groups (broad SMARTS) is 1. The Morgan fingerprint density at radius 3 is 2.48 bits per heavy atom.